The highest BCUT2D eigenvalue weighted by Gasteiger charge is 2.35. The minimum atomic E-state index is -1.08. The zero-order chi connectivity index (χ0) is 22.1. The van der Waals surface area contributed by atoms with E-state index < -0.39 is 38.1 Å². The van der Waals surface area contributed by atoms with Gasteiger partial charge in [0.1, 0.15) is 5.75 Å². The first-order valence-corrected chi connectivity index (χ1v) is 8.78. The SMILES string of the molecule is COc1ccc(C(C)(c2ccc(O)c([N+](=O)[O-])c2)c2ccc(O)c([N+](=O)[O-])c2)cc1. The molecule has 0 aromatic heterocycles. The Morgan fingerprint density at radius 1 is 0.767 bits per heavy atom. The number of phenols is 2. The molecule has 0 spiro atoms. The lowest BCUT2D eigenvalue weighted by Gasteiger charge is -2.31. The molecule has 0 fully saturated rings. The molecule has 0 aliphatic rings. The summed E-state index contributed by atoms with van der Waals surface area (Å²) in [6, 6.07) is 14.8. The van der Waals surface area contributed by atoms with E-state index in [4.69, 9.17) is 4.74 Å². The molecule has 0 amide bonds. The molecule has 3 rings (SSSR count). The molecule has 2 N–H and O–H groups in total. The number of benzene rings is 3. The van der Waals surface area contributed by atoms with Crippen LogP contribution in [0.25, 0.3) is 0 Å². The first-order chi connectivity index (χ1) is 14.2. The molecule has 9 nitrogen and oxygen atoms in total. The van der Waals surface area contributed by atoms with E-state index >= 15 is 0 Å². The molecule has 0 atom stereocenters. The first kappa shape index (κ1) is 20.6. The standard InChI is InChI=1S/C21H18N2O7/c1-21(13-3-7-16(30-2)8-4-13,14-5-9-19(24)17(11-14)22(26)27)15-6-10-20(25)18(12-15)23(28)29/h3-12,24-25H,1-2H3. The number of aromatic hydroxyl groups is 2. The van der Waals surface area contributed by atoms with E-state index in [0.717, 1.165) is 0 Å². The maximum Gasteiger partial charge on any atom is 0.311 e. The van der Waals surface area contributed by atoms with Gasteiger partial charge in [0.15, 0.2) is 11.5 Å². The van der Waals surface area contributed by atoms with E-state index in [-0.39, 0.29) is 0 Å². The number of nitro groups is 2. The second kappa shape index (κ2) is 7.70. The molecule has 0 aliphatic carbocycles. The van der Waals surface area contributed by atoms with Crippen LogP contribution in [0.4, 0.5) is 11.4 Å². The van der Waals surface area contributed by atoms with Crippen molar-refractivity contribution in [3.8, 4) is 17.2 Å². The van der Waals surface area contributed by atoms with E-state index in [1.807, 2.05) is 0 Å². The van der Waals surface area contributed by atoms with Crippen LogP contribution in [0, 0.1) is 20.2 Å². The lowest BCUT2D eigenvalue weighted by Crippen LogP contribution is -2.25. The Bertz CT molecular complexity index is 1060. The summed E-state index contributed by atoms with van der Waals surface area (Å²) in [7, 11) is 1.51. The third-order valence-corrected chi connectivity index (χ3v) is 5.17. The second-order valence-electron chi connectivity index (χ2n) is 6.77. The van der Waals surface area contributed by atoms with Crippen LogP contribution in [0.3, 0.4) is 0 Å². The van der Waals surface area contributed by atoms with E-state index in [9.17, 15) is 30.4 Å². The van der Waals surface area contributed by atoms with Gasteiger partial charge in [-0.1, -0.05) is 24.3 Å². The van der Waals surface area contributed by atoms with E-state index in [2.05, 4.69) is 0 Å². The van der Waals surface area contributed by atoms with Crippen LogP contribution in [-0.2, 0) is 5.41 Å². The molecule has 0 aliphatic heterocycles. The summed E-state index contributed by atoms with van der Waals surface area (Å²) in [5.41, 5.74) is -0.526. The van der Waals surface area contributed by atoms with Crippen LogP contribution in [0.1, 0.15) is 23.6 Å². The van der Waals surface area contributed by atoms with Crippen molar-refractivity contribution in [3.63, 3.8) is 0 Å². The van der Waals surface area contributed by atoms with Gasteiger partial charge in [-0.2, -0.15) is 0 Å². The summed E-state index contributed by atoms with van der Waals surface area (Å²) in [6.07, 6.45) is 0. The van der Waals surface area contributed by atoms with Crippen molar-refractivity contribution in [1.29, 1.82) is 0 Å². The lowest BCUT2D eigenvalue weighted by atomic mass is 9.71. The Morgan fingerprint density at radius 2 is 1.17 bits per heavy atom. The van der Waals surface area contributed by atoms with Crippen molar-refractivity contribution in [3.05, 3.63) is 97.6 Å². The van der Waals surface area contributed by atoms with Gasteiger partial charge in [0.2, 0.25) is 0 Å². The fourth-order valence-corrected chi connectivity index (χ4v) is 3.39. The minimum absolute atomic E-state index is 0.428. The Labute approximate surface area is 171 Å². The van der Waals surface area contributed by atoms with Crippen molar-refractivity contribution in [1.82, 2.24) is 0 Å². The largest absolute Gasteiger partial charge is 0.502 e. The number of methoxy groups -OCH3 is 1. The van der Waals surface area contributed by atoms with Gasteiger partial charge in [0.25, 0.3) is 0 Å². The highest BCUT2D eigenvalue weighted by atomic mass is 16.6. The molecule has 0 bridgehead atoms. The van der Waals surface area contributed by atoms with E-state index in [1.165, 1.54) is 43.5 Å². The molecule has 0 saturated carbocycles. The maximum atomic E-state index is 11.4. The predicted molar refractivity (Wildman–Crippen MR) is 108 cm³/mol. The summed E-state index contributed by atoms with van der Waals surface area (Å²) >= 11 is 0. The number of hydrogen-bond donors (Lipinski definition) is 2. The Kier molecular flexibility index (Phi) is 5.29. The summed E-state index contributed by atoms with van der Waals surface area (Å²) in [5.74, 6) is -0.385. The Morgan fingerprint density at radius 3 is 1.53 bits per heavy atom. The number of hydrogen-bond acceptors (Lipinski definition) is 7. The third-order valence-electron chi connectivity index (χ3n) is 5.17. The van der Waals surface area contributed by atoms with Gasteiger partial charge in [-0.15, -0.1) is 0 Å². The summed E-state index contributed by atoms with van der Waals surface area (Å²) < 4.78 is 5.18. The molecule has 154 valence electrons. The smallest absolute Gasteiger partial charge is 0.311 e. The molecular weight excluding hydrogens is 392 g/mol. The van der Waals surface area contributed by atoms with Crippen molar-refractivity contribution < 1.29 is 24.8 Å². The van der Waals surface area contributed by atoms with Crippen LogP contribution in [0.5, 0.6) is 17.2 Å². The Hall–Kier alpha value is -4.14. The summed E-state index contributed by atoms with van der Waals surface area (Å²) in [6.45, 7) is 1.75. The molecule has 0 unspecified atom stereocenters. The van der Waals surface area contributed by atoms with Crippen LogP contribution in [0.2, 0.25) is 0 Å². The van der Waals surface area contributed by atoms with Crippen molar-refractivity contribution in [2.24, 2.45) is 0 Å². The zero-order valence-corrected chi connectivity index (χ0v) is 16.1. The number of rotatable bonds is 6. The molecule has 9 heteroatoms. The maximum absolute atomic E-state index is 11.4. The van der Waals surface area contributed by atoms with Crippen molar-refractivity contribution in [2.45, 2.75) is 12.3 Å². The fraction of sp³-hybridized carbons (Fsp3) is 0.143. The number of ether oxygens (including phenoxy) is 1. The van der Waals surface area contributed by atoms with Crippen LogP contribution >= 0.6 is 0 Å². The van der Waals surface area contributed by atoms with Crippen molar-refractivity contribution >= 4 is 11.4 Å². The van der Waals surface area contributed by atoms with Gasteiger partial charge in [-0.25, -0.2) is 0 Å². The molecule has 0 heterocycles. The quantitative estimate of drug-likeness (QED) is 0.352. The van der Waals surface area contributed by atoms with Crippen molar-refractivity contribution in [2.75, 3.05) is 7.11 Å². The average molecular weight is 410 g/mol. The molecule has 3 aromatic rings. The van der Waals surface area contributed by atoms with Gasteiger partial charge < -0.3 is 14.9 Å². The molecule has 3 aromatic carbocycles. The minimum Gasteiger partial charge on any atom is -0.502 e. The topological polar surface area (TPSA) is 136 Å². The molecule has 0 saturated heterocycles. The number of phenolic OH excluding ortho intramolecular Hbond substituents is 2. The lowest BCUT2D eigenvalue weighted by molar-refractivity contribution is -0.386. The number of nitro benzene ring substituents is 2. The third kappa shape index (κ3) is 3.48. The monoisotopic (exact) mass is 410 g/mol. The van der Waals surface area contributed by atoms with Gasteiger partial charge in [0.05, 0.1) is 17.0 Å². The van der Waals surface area contributed by atoms with Crippen LogP contribution in [-0.4, -0.2) is 27.2 Å². The molecular formula is C21H18N2O7. The van der Waals surface area contributed by atoms with E-state index in [1.54, 1.807) is 31.2 Å². The fourth-order valence-electron chi connectivity index (χ4n) is 3.39. The van der Waals surface area contributed by atoms with Gasteiger partial charge >= 0.3 is 11.4 Å². The Balaban J connectivity index is 2.32. The van der Waals surface area contributed by atoms with Crippen LogP contribution < -0.4 is 4.74 Å². The average Bonchev–Trinajstić information content (AvgIpc) is 2.73. The predicted octanol–water partition coefficient (Wildman–Crippen LogP) is 4.28. The summed E-state index contributed by atoms with van der Waals surface area (Å²) in [5, 5.41) is 42.4. The van der Waals surface area contributed by atoms with Gasteiger partial charge in [-0.3, -0.25) is 20.2 Å². The number of nitrogens with zero attached hydrogens (tertiary/aromatic N) is 2. The normalized spacial score (nSPS) is 11.1. The van der Waals surface area contributed by atoms with Gasteiger partial charge in [0, 0.05) is 17.5 Å². The highest BCUT2D eigenvalue weighted by Crippen LogP contribution is 2.44. The zero-order valence-electron chi connectivity index (χ0n) is 16.1. The molecule has 30 heavy (non-hydrogen) atoms. The highest BCUT2D eigenvalue weighted by molar-refractivity contribution is 5.59. The molecule has 0 radical (unpaired) electrons. The van der Waals surface area contributed by atoms with E-state index in [0.29, 0.717) is 22.4 Å². The van der Waals surface area contributed by atoms with Gasteiger partial charge in [-0.05, 0) is 47.9 Å². The first-order valence-electron chi connectivity index (χ1n) is 8.78. The second-order valence-corrected chi connectivity index (χ2v) is 6.77. The summed E-state index contributed by atoms with van der Waals surface area (Å²) in [4.78, 5) is 21.3. The van der Waals surface area contributed by atoms with Crippen LogP contribution in [0.15, 0.2) is 60.7 Å².